The van der Waals surface area contributed by atoms with Crippen molar-refractivity contribution >= 4 is 5.91 Å². The predicted octanol–water partition coefficient (Wildman–Crippen LogP) is 3.08. The molecule has 0 atom stereocenters. The van der Waals surface area contributed by atoms with Crippen molar-refractivity contribution in [1.82, 2.24) is 5.32 Å². The predicted molar refractivity (Wildman–Crippen MR) is 93.2 cm³/mol. The van der Waals surface area contributed by atoms with E-state index in [2.05, 4.69) is 12.2 Å². The standard InChI is InChI=1S/C19H23NO4/c1-4-14-7-5-6-8-16(14)24-12-11-20-19(21)15-9-10-17(22-2)18(13-15)23-3/h5-10,13H,4,11-12H2,1-3H3,(H,20,21). The number of amides is 1. The number of ether oxygens (including phenoxy) is 3. The Morgan fingerprint density at radius 2 is 1.75 bits per heavy atom. The van der Waals surface area contributed by atoms with Crippen molar-refractivity contribution in [2.24, 2.45) is 0 Å². The Kier molecular flexibility index (Phi) is 6.49. The van der Waals surface area contributed by atoms with Gasteiger partial charge >= 0.3 is 0 Å². The minimum absolute atomic E-state index is 0.177. The minimum Gasteiger partial charge on any atom is -0.493 e. The highest BCUT2D eigenvalue weighted by molar-refractivity contribution is 5.94. The van der Waals surface area contributed by atoms with Crippen LogP contribution in [-0.4, -0.2) is 33.3 Å². The van der Waals surface area contributed by atoms with E-state index < -0.39 is 0 Å². The molecule has 1 N–H and O–H groups in total. The normalized spacial score (nSPS) is 10.1. The molecular formula is C19H23NO4. The van der Waals surface area contributed by atoms with Gasteiger partial charge < -0.3 is 19.5 Å². The average Bonchev–Trinajstić information content (AvgIpc) is 2.64. The average molecular weight is 329 g/mol. The fourth-order valence-electron chi connectivity index (χ4n) is 2.34. The lowest BCUT2D eigenvalue weighted by molar-refractivity contribution is 0.0946. The number of methoxy groups -OCH3 is 2. The van der Waals surface area contributed by atoms with Gasteiger partial charge in [-0.05, 0) is 36.2 Å². The van der Waals surface area contributed by atoms with E-state index >= 15 is 0 Å². The zero-order chi connectivity index (χ0) is 17.4. The zero-order valence-corrected chi connectivity index (χ0v) is 14.3. The summed E-state index contributed by atoms with van der Waals surface area (Å²) in [5, 5.41) is 2.84. The number of rotatable bonds is 8. The first-order valence-corrected chi connectivity index (χ1v) is 7.90. The first-order chi connectivity index (χ1) is 11.7. The maximum Gasteiger partial charge on any atom is 0.251 e. The molecule has 0 saturated heterocycles. The molecule has 0 aliphatic carbocycles. The molecule has 0 heterocycles. The number of aryl methyl sites for hydroxylation is 1. The Morgan fingerprint density at radius 3 is 2.46 bits per heavy atom. The van der Waals surface area contributed by atoms with Crippen molar-refractivity contribution in [1.29, 1.82) is 0 Å². The summed E-state index contributed by atoms with van der Waals surface area (Å²) in [6, 6.07) is 13.0. The van der Waals surface area contributed by atoms with Crippen molar-refractivity contribution in [2.45, 2.75) is 13.3 Å². The molecule has 0 saturated carbocycles. The van der Waals surface area contributed by atoms with Gasteiger partial charge in [0.15, 0.2) is 11.5 Å². The van der Waals surface area contributed by atoms with Crippen LogP contribution in [0.3, 0.4) is 0 Å². The summed E-state index contributed by atoms with van der Waals surface area (Å²) < 4.78 is 16.1. The van der Waals surface area contributed by atoms with Crippen LogP contribution in [-0.2, 0) is 6.42 Å². The van der Waals surface area contributed by atoms with E-state index in [4.69, 9.17) is 14.2 Å². The highest BCUT2D eigenvalue weighted by Crippen LogP contribution is 2.27. The quantitative estimate of drug-likeness (QED) is 0.756. The summed E-state index contributed by atoms with van der Waals surface area (Å²) >= 11 is 0. The van der Waals surface area contributed by atoms with E-state index in [1.165, 1.54) is 0 Å². The van der Waals surface area contributed by atoms with Gasteiger partial charge in [0.1, 0.15) is 12.4 Å². The largest absolute Gasteiger partial charge is 0.493 e. The summed E-state index contributed by atoms with van der Waals surface area (Å²) in [6.45, 7) is 2.92. The first-order valence-electron chi connectivity index (χ1n) is 7.90. The second kappa shape index (κ2) is 8.82. The van der Waals surface area contributed by atoms with Gasteiger partial charge in [-0.25, -0.2) is 0 Å². The van der Waals surface area contributed by atoms with Crippen LogP contribution in [0.4, 0.5) is 0 Å². The third-order valence-corrected chi connectivity index (χ3v) is 3.64. The van der Waals surface area contributed by atoms with Crippen molar-refractivity contribution in [3.63, 3.8) is 0 Å². The second-order valence-electron chi connectivity index (χ2n) is 5.14. The molecule has 0 aliphatic rings. The van der Waals surface area contributed by atoms with Crippen LogP contribution in [0.25, 0.3) is 0 Å². The number of carbonyl (C=O) groups excluding carboxylic acids is 1. The number of hydrogen-bond acceptors (Lipinski definition) is 4. The fraction of sp³-hybridized carbons (Fsp3) is 0.316. The van der Waals surface area contributed by atoms with Crippen LogP contribution in [0.1, 0.15) is 22.8 Å². The summed E-state index contributed by atoms with van der Waals surface area (Å²) in [5.41, 5.74) is 1.67. The van der Waals surface area contributed by atoms with Crippen LogP contribution >= 0.6 is 0 Å². The van der Waals surface area contributed by atoms with Crippen molar-refractivity contribution in [3.8, 4) is 17.2 Å². The van der Waals surface area contributed by atoms with Crippen molar-refractivity contribution in [2.75, 3.05) is 27.4 Å². The Hall–Kier alpha value is -2.69. The highest BCUT2D eigenvalue weighted by atomic mass is 16.5. The topological polar surface area (TPSA) is 56.8 Å². The molecule has 1 amide bonds. The van der Waals surface area contributed by atoms with Crippen LogP contribution in [0.15, 0.2) is 42.5 Å². The SMILES string of the molecule is CCc1ccccc1OCCNC(=O)c1ccc(OC)c(OC)c1. The van der Waals surface area contributed by atoms with E-state index in [0.29, 0.717) is 30.2 Å². The van der Waals surface area contributed by atoms with Crippen LogP contribution in [0.2, 0.25) is 0 Å². The van der Waals surface area contributed by atoms with E-state index in [1.807, 2.05) is 24.3 Å². The monoisotopic (exact) mass is 329 g/mol. The van der Waals surface area contributed by atoms with Gasteiger partial charge in [0.2, 0.25) is 0 Å². The Bertz CT molecular complexity index is 685. The van der Waals surface area contributed by atoms with Crippen LogP contribution < -0.4 is 19.5 Å². The molecule has 2 aromatic carbocycles. The molecule has 0 spiro atoms. The maximum atomic E-state index is 12.2. The van der Waals surface area contributed by atoms with Crippen molar-refractivity contribution in [3.05, 3.63) is 53.6 Å². The summed E-state index contributed by atoms with van der Waals surface area (Å²) in [4.78, 5) is 12.2. The molecule has 0 aliphatic heterocycles. The van der Waals surface area contributed by atoms with Crippen LogP contribution in [0, 0.1) is 0 Å². The maximum absolute atomic E-state index is 12.2. The third kappa shape index (κ3) is 4.41. The Morgan fingerprint density at radius 1 is 1.00 bits per heavy atom. The fourth-order valence-corrected chi connectivity index (χ4v) is 2.34. The number of benzene rings is 2. The molecule has 0 radical (unpaired) electrons. The smallest absolute Gasteiger partial charge is 0.251 e. The Balaban J connectivity index is 1.87. The van der Waals surface area contributed by atoms with Gasteiger partial charge in [0.05, 0.1) is 20.8 Å². The number of para-hydroxylation sites is 1. The molecule has 0 unspecified atom stereocenters. The van der Waals surface area contributed by atoms with Gasteiger partial charge in [-0.3, -0.25) is 4.79 Å². The number of hydrogen-bond donors (Lipinski definition) is 1. The molecule has 5 heteroatoms. The molecule has 2 rings (SSSR count). The van der Waals surface area contributed by atoms with Gasteiger partial charge in [0.25, 0.3) is 5.91 Å². The van der Waals surface area contributed by atoms with Gasteiger partial charge in [-0.2, -0.15) is 0 Å². The number of nitrogens with one attached hydrogen (secondary N) is 1. The van der Waals surface area contributed by atoms with Gasteiger partial charge in [-0.1, -0.05) is 25.1 Å². The molecule has 5 nitrogen and oxygen atoms in total. The Labute approximate surface area is 142 Å². The molecule has 24 heavy (non-hydrogen) atoms. The third-order valence-electron chi connectivity index (χ3n) is 3.64. The molecule has 2 aromatic rings. The molecule has 0 fully saturated rings. The first kappa shape index (κ1) is 17.7. The van der Waals surface area contributed by atoms with Gasteiger partial charge in [-0.15, -0.1) is 0 Å². The minimum atomic E-state index is -0.177. The van der Waals surface area contributed by atoms with Crippen LogP contribution in [0.5, 0.6) is 17.2 Å². The molecule has 0 aromatic heterocycles. The lowest BCUT2D eigenvalue weighted by Gasteiger charge is -2.12. The lowest BCUT2D eigenvalue weighted by Crippen LogP contribution is -2.28. The van der Waals surface area contributed by atoms with E-state index in [9.17, 15) is 4.79 Å². The lowest BCUT2D eigenvalue weighted by atomic mass is 10.1. The van der Waals surface area contributed by atoms with Crippen molar-refractivity contribution < 1.29 is 19.0 Å². The van der Waals surface area contributed by atoms with E-state index in [1.54, 1.807) is 32.4 Å². The molecule has 128 valence electrons. The van der Waals surface area contributed by atoms with E-state index in [0.717, 1.165) is 17.7 Å². The molecular weight excluding hydrogens is 306 g/mol. The van der Waals surface area contributed by atoms with E-state index in [-0.39, 0.29) is 5.91 Å². The summed E-state index contributed by atoms with van der Waals surface area (Å²) in [5.74, 6) is 1.80. The van der Waals surface area contributed by atoms with Gasteiger partial charge in [0, 0.05) is 5.56 Å². The highest BCUT2D eigenvalue weighted by Gasteiger charge is 2.10. The summed E-state index contributed by atoms with van der Waals surface area (Å²) in [7, 11) is 3.10. The summed E-state index contributed by atoms with van der Waals surface area (Å²) in [6.07, 6.45) is 0.911. The molecule has 0 bridgehead atoms. The zero-order valence-electron chi connectivity index (χ0n) is 14.3. The second-order valence-corrected chi connectivity index (χ2v) is 5.14. The number of carbonyl (C=O) groups is 1.